The molecule has 0 radical (unpaired) electrons. The molecule has 150 valence electrons. The molecule has 3 heteroatoms. The molecule has 1 aromatic rings. The summed E-state index contributed by atoms with van der Waals surface area (Å²) in [6.45, 7) is 3.26. The van der Waals surface area contributed by atoms with Gasteiger partial charge in [0.05, 0.1) is 5.54 Å². The van der Waals surface area contributed by atoms with Gasteiger partial charge in [0.1, 0.15) is 0 Å². The lowest BCUT2D eigenvalue weighted by molar-refractivity contribution is -0.112. The fourth-order valence-electron chi connectivity index (χ4n) is 3.55. The van der Waals surface area contributed by atoms with Gasteiger partial charge in [0.15, 0.2) is 5.78 Å². The van der Waals surface area contributed by atoms with Crippen LogP contribution in [-0.4, -0.2) is 29.8 Å². The molecule has 3 nitrogen and oxygen atoms in total. The van der Waals surface area contributed by atoms with Crippen LogP contribution in [0.1, 0.15) is 25.3 Å². The number of carbonyl (C=O) groups excluding carboxylic acids is 1. The second-order valence-electron chi connectivity index (χ2n) is 8.02. The largest absolute Gasteiger partial charge is 0.319 e. The van der Waals surface area contributed by atoms with Crippen LogP contribution in [0.3, 0.4) is 0 Å². The van der Waals surface area contributed by atoms with Crippen LogP contribution in [0.2, 0.25) is 0 Å². The van der Waals surface area contributed by atoms with E-state index in [1.807, 2.05) is 68.6 Å². The van der Waals surface area contributed by atoms with Gasteiger partial charge in [0.25, 0.3) is 0 Å². The minimum Gasteiger partial charge on any atom is -0.319 e. The van der Waals surface area contributed by atoms with Gasteiger partial charge in [-0.15, -0.1) is 0 Å². The minimum absolute atomic E-state index is 0.0291. The first-order valence-corrected chi connectivity index (χ1v) is 10.1. The number of hydrogen-bond donors (Lipinski definition) is 1. The van der Waals surface area contributed by atoms with Crippen LogP contribution in [0.5, 0.6) is 0 Å². The van der Waals surface area contributed by atoms with E-state index in [9.17, 15) is 4.79 Å². The van der Waals surface area contributed by atoms with Gasteiger partial charge in [-0.3, -0.25) is 9.69 Å². The maximum absolute atomic E-state index is 13.5. The summed E-state index contributed by atoms with van der Waals surface area (Å²) >= 11 is 0. The number of nitrogens with zero attached hydrogens (tertiary/aromatic N) is 1. The first-order chi connectivity index (χ1) is 13.9. The summed E-state index contributed by atoms with van der Waals surface area (Å²) in [7, 11) is 2.05. The number of carbonyl (C=O) groups is 1. The molecule has 0 saturated heterocycles. The Labute approximate surface area is 174 Å². The Morgan fingerprint density at radius 3 is 2.69 bits per heavy atom. The number of hydrogen-bond acceptors (Lipinski definition) is 3. The van der Waals surface area contributed by atoms with Crippen molar-refractivity contribution in [2.45, 2.75) is 31.8 Å². The Kier molecular flexibility index (Phi) is 6.97. The molecule has 0 fully saturated rings. The van der Waals surface area contributed by atoms with E-state index in [1.165, 1.54) is 5.56 Å². The van der Waals surface area contributed by atoms with Gasteiger partial charge in [-0.1, -0.05) is 72.9 Å². The van der Waals surface area contributed by atoms with Gasteiger partial charge < -0.3 is 5.73 Å². The Hall–Kier alpha value is -2.75. The zero-order valence-corrected chi connectivity index (χ0v) is 17.3. The van der Waals surface area contributed by atoms with Crippen LogP contribution in [0, 0.1) is 0 Å². The highest BCUT2D eigenvalue weighted by atomic mass is 16.1. The Bertz CT molecular complexity index is 911. The van der Waals surface area contributed by atoms with Crippen molar-refractivity contribution < 1.29 is 4.79 Å². The van der Waals surface area contributed by atoms with Crippen LogP contribution in [-0.2, 0) is 11.3 Å². The zero-order valence-electron chi connectivity index (χ0n) is 17.3. The first-order valence-electron chi connectivity index (χ1n) is 10.1. The summed E-state index contributed by atoms with van der Waals surface area (Å²) in [5, 5.41) is 0. The predicted octanol–water partition coefficient (Wildman–Crippen LogP) is 4.66. The summed E-state index contributed by atoms with van der Waals surface area (Å²) in [4.78, 5) is 15.6. The van der Waals surface area contributed by atoms with Gasteiger partial charge in [0.2, 0.25) is 0 Å². The maximum atomic E-state index is 13.5. The Morgan fingerprint density at radius 1 is 1.17 bits per heavy atom. The van der Waals surface area contributed by atoms with Crippen molar-refractivity contribution in [2.75, 3.05) is 13.6 Å². The molecule has 0 unspecified atom stereocenters. The summed E-state index contributed by atoms with van der Waals surface area (Å²) in [5.74, 6) is 0.0291. The van der Waals surface area contributed by atoms with Crippen molar-refractivity contribution in [2.24, 2.45) is 5.73 Å². The molecule has 0 amide bonds. The Balaban J connectivity index is 1.86. The van der Waals surface area contributed by atoms with E-state index in [2.05, 4.69) is 35.3 Å². The van der Waals surface area contributed by atoms with Crippen molar-refractivity contribution in [3.8, 4) is 0 Å². The highest BCUT2D eigenvalue weighted by molar-refractivity contribution is 6.11. The highest BCUT2D eigenvalue weighted by Crippen LogP contribution is 2.20. The van der Waals surface area contributed by atoms with E-state index in [0.29, 0.717) is 12.1 Å². The molecule has 0 aromatic heterocycles. The second kappa shape index (κ2) is 9.64. The van der Waals surface area contributed by atoms with Crippen molar-refractivity contribution in [1.82, 2.24) is 4.90 Å². The number of ketones is 1. The third-order valence-corrected chi connectivity index (χ3v) is 4.96. The lowest BCUT2D eigenvalue weighted by atomic mass is 9.94. The highest BCUT2D eigenvalue weighted by Gasteiger charge is 2.21. The molecule has 2 aliphatic carbocycles. The topological polar surface area (TPSA) is 46.3 Å². The molecule has 0 bridgehead atoms. The van der Waals surface area contributed by atoms with Gasteiger partial charge in [-0.25, -0.2) is 0 Å². The second-order valence-corrected chi connectivity index (χ2v) is 8.02. The molecule has 3 rings (SSSR count). The van der Waals surface area contributed by atoms with E-state index in [-0.39, 0.29) is 5.78 Å². The SMILES string of the molecule is CN(CC(=CC1=CCCC=C1)C(=O)C1=C[C@](C)(N)C=CC=C1)Cc1ccccc1. The summed E-state index contributed by atoms with van der Waals surface area (Å²) in [5.41, 5.74) is 9.38. The van der Waals surface area contributed by atoms with Gasteiger partial charge in [-0.2, -0.15) is 0 Å². The quantitative estimate of drug-likeness (QED) is 0.693. The predicted molar refractivity (Wildman–Crippen MR) is 121 cm³/mol. The van der Waals surface area contributed by atoms with E-state index in [0.717, 1.165) is 30.5 Å². The number of benzene rings is 1. The maximum Gasteiger partial charge on any atom is 0.190 e. The van der Waals surface area contributed by atoms with E-state index in [1.54, 1.807) is 0 Å². The molecule has 2 aliphatic rings. The third kappa shape index (κ3) is 6.38. The van der Waals surface area contributed by atoms with Crippen LogP contribution in [0.4, 0.5) is 0 Å². The lowest BCUT2D eigenvalue weighted by Gasteiger charge is -2.20. The van der Waals surface area contributed by atoms with E-state index < -0.39 is 5.54 Å². The minimum atomic E-state index is -0.639. The fraction of sp³-hybridized carbons (Fsp3) is 0.269. The average Bonchev–Trinajstić information content (AvgIpc) is 2.89. The Morgan fingerprint density at radius 2 is 1.97 bits per heavy atom. The van der Waals surface area contributed by atoms with Gasteiger partial charge >= 0.3 is 0 Å². The first kappa shape index (κ1) is 21.0. The number of nitrogens with two attached hydrogens (primary N) is 1. The standard InChI is InChI=1S/C26H30N2O/c1-26(27)16-10-9-15-23(18-26)25(29)24(17-21-11-5-3-6-12-21)20-28(2)19-22-13-7-4-8-14-22/h4-5,7-18H,3,6,19-20,27H2,1-2H3/t26-/m1/s1. The van der Waals surface area contributed by atoms with E-state index in [4.69, 9.17) is 5.73 Å². The molecule has 0 heterocycles. The number of Topliss-reactive ketones (excluding diaryl/α,β-unsaturated/α-hetero) is 1. The molecule has 1 aromatic carbocycles. The van der Waals surface area contributed by atoms with Crippen molar-refractivity contribution in [3.05, 3.63) is 107 Å². The van der Waals surface area contributed by atoms with Gasteiger partial charge in [-0.05, 0) is 50.1 Å². The van der Waals surface area contributed by atoms with Crippen LogP contribution < -0.4 is 5.73 Å². The molecule has 0 saturated carbocycles. The summed E-state index contributed by atoms with van der Waals surface area (Å²) in [6, 6.07) is 10.3. The molecular formula is C26H30N2O. The third-order valence-electron chi connectivity index (χ3n) is 4.96. The van der Waals surface area contributed by atoms with Crippen LogP contribution >= 0.6 is 0 Å². The van der Waals surface area contributed by atoms with Gasteiger partial charge in [0, 0.05) is 24.2 Å². The zero-order chi connectivity index (χ0) is 20.7. The monoisotopic (exact) mass is 386 g/mol. The lowest BCUT2D eigenvalue weighted by Crippen LogP contribution is -2.32. The van der Waals surface area contributed by atoms with Crippen molar-refractivity contribution in [1.29, 1.82) is 0 Å². The molecule has 29 heavy (non-hydrogen) atoms. The molecule has 0 spiro atoms. The normalized spacial score (nSPS) is 21.7. The fourth-order valence-corrected chi connectivity index (χ4v) is 3.55. The number of likely N-dealkylation sites (N-methyl/N-ethyl adjacent to an activating group) is 1. The molecular weight excluding hydrogens is 356 g/mol. The summed E-state index contributed by atoms with van der Waals surface area (Å²) < 4.78 is 0. The van der Waals surface area contributed by atoms with Crippen LogP contribution in [0.15, 0.2) is 102 Å². The van der Waals surface area contributed by atoms with E-state index >= 15 is 0 Å². The van der Waals surface area contributed by atoms with Crippen LogP contribution in [0.25, 0.3) is 0 Å². The average molecular weight is 387 g/mol. The smallest absolute Gasteiger partial charge is 0.190 e. The van der Waals surface area contributed by atoms with Crippen molar-refractivity contribution in [3.63, 3.8) is 0 Å². The number of rotatable bonds is 7. The van der Waals surface area contributed by atoms with Crippen molar-refractivity contribution >= 4 is 5.78 Å². The molecule has 2 N–H and O–H groups in total. The molecule has 0 aliphatic heterocycles. The molecule has 1 atom stereocenters. The summed E-state index contributed by atoms with van der Waals surface area (Å²) in [6.07, 6.45) is 19.9. The number of allylic oxidation sites excluding steroid dienone is 9.